The van der Waals surface area contributed by atoms with Gasteiger partial charge in [0.15, 0.2) is 0 Å². The maximum absolute atomic E-state index is 12.3. The number of hydrogen-bond acceptors (Lipinski definition) is 3. The van der Waals surface area contributed by atoms with Gasteiger partial charge >= 0.3 is 0 Å². The van der Waals surface area contributed by atoms with E-state index in [0.717, 1.165) is 0 Å². The Morgan fingerprint density at radius 1 is 1.39 bits per heavy atom. The maximum atomic E-state index is 12.3. The Morgan fingerprint density at radius 2 is 2.11 bits per heavy atom. The van der Waals surface area contributed by atoms with Crippen molar-refractivity contribution in [1.82, 2.24) is 9.78 Å². The summed E-state index contributed by atoms with van der Waals surface area (Å²) in [6, 6.07) is 9.01. The lowest BCUT2D eigenvalue weighted by atomic mass is 10.1. The van der Waals surface area contributed by atoms with Crippen LogP contribution in [0.5, 0.6) is 0 Å². The van der Waals surface area contributed by atoms with Crippen LogP contribution in [0.3, 0.4) is 0 Å². The van der Waals surface area contributed by atoms with Gasteiger partial charge in [-0.25, -0.2) is 0 Å². The fraction of sp³-hybridized carbons (Fsp3) is 0.231. The van der Waals surface area contributed by atoms with E-state index in [1.807, 2.05) is 18.2 Å². The molecule has 2 rings (SSSR count). The molecule has 0 amide bonds. The van der Waals surface area contributed by atoms with E-state index in [2.05, 4.69) is 5.10 Å². The Morgan fingerprint density at radius 3 is 2.78 bits per heavy atom. The molecule has 0 aliphatic rings. The zero-order valence-corrected chi connectivity index (χ0v) is 10.7. The molecule has 0 atom stereocenters. The van der Waals surface area contributed by atoms with E-state index in [-0.39, 0.29) is 5.78 Å². The third-order valence-corrected chi connectivity index (χ3v) is 2.83. The number of carbonyl (C=O) groups excluding carboxylic acids is 1. The minimum atomic E-state index is -0.130. The van der Waals surface area contributed by atoms with Gasteiger partial charge in [-0.3, -0.25) is 9.48 Å². The number of ether oxygens (including phenoxy) is 1. The molecule has 1 aromatic carbocycles. The summed E-state index contributed by atoms with van der Waals surface area (Å²) in [4.78, 5) is 12.3. The summed E-state index contributed by atoms with van der Waals surface area (Å²) in [5.74, 6) is -0.130. The van der Waals surface area contributed by atoms with E-state index in [9.17, 15) is 4.79 Å². The molecule has 2 aromatic rings. The van der Waals surface area contributed by atoms with E-state index in [0.29, 0.717) is 29.4 Å². The summed E-state index contributed by atoms with van der Waals surface area (Å²) >= 11 is 6.02. The molecule has 0 saturated heterocycles. The Bertz CT molecular complexity index is 537. The van der Waals surface area contributed by atoms with Gasteiger partial charge in [0.2, 0.25) is 5.78 Å². The highest BCUT2D eigenvalue weighted by molar-refractivity contribution is 6.34. The topological polar surface area (TPSA) is 44.1 Å². The Hall–Kier alpha value is -1.65. The van der Waals surface area contributed by atoms with E-state index in [4.69, 9.17) is 16.3 Å². The van der Waals surface area contributed by atoms with Gasteiger partial charge in [-0.2, -0.15) is 5.10 Å². The number of halogens is 1. The number of aromatic nitrogens is 2. The lowest BCUT2D eigenvalue weighted by Gasteiger charge is -2.06. The van der Waals surface area contributed by atoms with Crippen molar-refractivity contribution in [3.05, 3.63) is 52.8 Å². The summed E-state index contributed by atoms with van der Waals surface area (Å²) in [6.07, 6.45) is 1.48. The summed E-state index contributed by atoms with van der Waals surface area (Å²) in [5.41, 5.74) is 0.999. The van der Waals surface area contributed by atoms with Crippen molar-refractivity contribution in [2.24, 2.45) is 0 Å². The molecule has 4 nitrogen and oxygen atoms in total. The first-order valence-electron chi connectivity index (χ1n) is 5.54. The molecule has 0 bridgehead atoms. The van der Waals surface area contributed by atoms with Crippen molar-refractivity contribution in [2.75, 3.05) is 13.7 Å². The monoisotopic (exact) mass is 264 g/mol. The molecule has 5 heteroatoms. The first kappa shape index (κ1) is 12.8. The lowest BCUT2D eigenvalue weighted by Crippen LogP contribution is -2.14. The number of rotatable bonds is 5. The van der Waals surface area contributed by atoms with Gasteiger partial charge in [0.1, 0.15) is 5.69 Å². The van der Waals surface area contributed by atoms with Crippen LogP contribution in [0.25, 0.3) is 0 Å². The summed E-state index contributed by atoms with van der Waals surface area (Å²) in [6.45, 7) is 0.976. The molecule has 1 aromatic heterocycles. The van der Waals surface area contributed by atoms with Crippen LogP contribution in [0.4, 0.5) is 0 Å². The third-order valence-electron chi connectivity index (χ3n) is 2.55. The number of ketones is 1. The highest BCUT2D eigenvalue weighted by atomic mass is 35.5. The molecule has 94 valence electrons. The quantitative estimate of drug-likeness (QED) is 0.779. The molecule has 0 aliphatic heterocycles. The summed E-state index contributed by atoms with van der Waals surface area (Å²) in [7, 11) is 1.60. The smallest absolute Gasteiger partial charge is 0.212 e. The predicted octanol–water partition coefficient (Wildman–Crippen LogP) is 2.41. The van der Waals surface area contributed by atoms with Crippen LogP contribution in [0.15, 0.2) is 36.5 Å². The minimum Gasteiger partial charge on any atom is -0.383 e. The molecule has 0 saturated carbocycles. The zero-order chi connectivity index (χ0) is 13.0. The second-order valence-corrected chi connectivity index (χ2v) is 4.16. The van der Waals surface area contributed by atoms with Gasteiger partial charge < -0.3 is 4.74 Å². The molecular weight excluding hydrogens is 252 g/mol. The normalized spacial score (nSPS) is 10.6. The van der Waals surface area contributed by atoms with Gasteiger partial charge in [-0.05, 0) is 0 Å². The number of carbonyl (C=O) groups is 1. The lowest BCUT2D eigenvalue weighted by molar-refractivity contribution is 0.102. The molecule has 0 aliphatic carbocycles. The number of benzene rings is 1. The minimum absolute atomic E-state index is 0.130. The van der Waals surface area contributed by atoms with Crippen molar-refractivity contribution < 1.29 is 9.53 Å². The first-order chi connectivity index (χ1) is 8.74. The van der Waals surface area contributed by atoms with Crippen LogP contribution in [0.1, 0.15) is 16.1 Å². The van der Waals surface area contributed by atoms with Crippen LogP contribution in [0.2, 0.25) is 5.02 Å². The van der Waals surface area contributed by atoms with Gasteiger partial charge in [-0.15, -0.1) is 0 Å². The third kappa shape index (κ3) is 2.60. The Kier molecular flexibility index (Phi) is 4.12. The first-order valence-corrected chi connectivity index (χ1v) is 5.92. The summed E-state index contributed by atoms with van der Waals surface area (Å²) in [5, 5.41) is 4.44. The van der Waals surface area contributed by atoms with Crippen molar-refractivity contribution in [1.29, 1.82) is 0 Å². The van der Waals surface area contributed by atoms with Crippen LogP contribution in [-0.4, -0.2) is 29.3 Å². The second-order valence-electron chi connectivity index (χ2n) is 3.75. The Labute approximate surface area is 110 Å². The van der Waals surface area contributed by atoms with E-state index < -0.39 is 0 Å². The van der Waals surface area contributed by atoms with E-state index >= 15 is 0 Å². The van der Waals surface area contributed by atoms with Crippen molar-refractivity contribution in [3.8, 4) is 0 Å². The highest BCUT2D eigenvalue weighted by Crippen LogP contribution is 2.19. The molecule has 0 fully saturated rings. The molecule has 0 N–H and O–H groups in total. The van der Waals surface area contributed by atoms with E-state index in [1.165, 1.54) is 6.20 Å². The SMILES string of the molecule is COCCn1ncc(Cl)c1C(=O)c1ccccc1. The van der Waals surface area contributed by atoms with Gasteiger partial charge in [0.25, 0.3) is 0 Å². The molecule has 0 radical (unpaired) electrons. The highest BCUT2D eigenvalue weighted by Gasteiger charge is 2.18. The second kappa shape index (κ2) is 5.80. The van der Waals surface area contributed by atoms with E-state index in [1.54, 1.807) is 23.9 Å². The number of hydrogen-bond donors (Lipinski definition) is 0. The van der Waals surface area contributed by atoms with Crippen LogP contribution in [0, 0.1) is 0 Å². The molecule has 1 heterocycles. The fourth-order valence-electron chi connectivity index (χ4n) is 1.66. The van der Waals surface area contributed by atoms with Gasteiger partial charge in [0.05, 0.1) is 24.4 Å². The summed E-state index contributed by atoms with van der Waals surface area (Å²) < 4.78 is 6.55. The van der Waals surface area contributed by atoms with Crippen LogP contribution >= 0.6 is 11.6 Å². The Balaban J connectivity index is 2.32. The maximum Gasteiger partial charge on any atom is 0.212 e. The van der Waals surface area contributed by atoms with Crippen LogP contribution < -0.4 is 0 Å². The fourth-order valence-corrected chi connectivity index (χ4v) is 1.89. The molecule has 0 unspecified atom stereocenters. The average Bonchev–Trinajstić information content (AvgIpc) is 2.77. The van der Waals surface area contributed by atoms with Gasteiger partial charge in [-0.1, -0.05) is 41.9 Å². The zero-order valence-electron chi connectivity index (χ0n) is 9.97. The number of nitrogens with zero attached hydrogens (tertiary/aromatic N) is 2. The van der Waals surface area contributed by atoms with Crippen molar-refractivity contribution >= 4 is 17.4 Å². The van der Waals surface area contributed by atoms with Crippen molar-refractivity contribution in [2.45, 2.75) is 6.54 Å². The van der Waals surface area contributed by atoms with Crippen LogP contribution in [-0.2, 0) is 11.3 Å². The molecule has 0 spiro atoms. The molecule has 18 heavy (non-hydrogen) atoms. The standard InChI is InChI=1S/C13H13ClN2O2/c1-18-8-7-16-12(11(14)9-15-16)13(17)10-5-3-2-4-6-10/h2-6,9H,7-8H2,1H3. The largest absolute Gasteiger partial charge is 0.383 e. The predicted molar refractivity (Wildman–Crippen MR) is 69.0 cm³/mol. The van der Waals surface area contributed by atoms with Crippen molar-refractivity contribution in [3.63, 3.8) is 0 Å². The molecular formula is C13H13ClN2O2. The average molecular weight is 265 g/mol. The number of methoxy groups -OCH3 is 1. The van der Waals surface area contributed by atoms with Gasteiger partial charge in [0, 0.05) is 12.7 Å².